The first-order valence-electron chi connectivity index (χ1n) is 3.83. The molecule has 0 saturated heterocycles. The SMILES string of the molecule is O=C1Cc2cccc(CO)c2N1. The highest BCUT2D eigenvalue weighted by molar-refractivity contribution is 5.99. The lowest BCUT2D eigenvalue weighted by Gasteiger charge is -2.03. The number of aliphatic hydroxyl groups is 1. The van der Waals surface area contributed by atoms with Crippen LogP contribution in [-0.4, -0.2) is 11.0 Å². The first-order valence-corrected chi connectivity index (χ1v) is 3.83. The fourth-order valence-electron chi connectivity index (χ4n) is 1.45. The lowest BCUT2D eigenvalue weighted by Crippen LogP contribution is -2.04. The first-order chi connectivity index (χ1) is 5.81. The monoisotopic (exact) mass is 163 g/mol. The average molecular weight is 163 g/mol. The zero-order valence-electron chi connectivity index (χ0n) is 6.50. The number of hydrogen-bond acceptors (Lipinski definition) is 2. The Morgan fingerprint density at radius 3 is 3.08 bits per heavy atom. The predicted molar refractivity (Wildman–Crippen MR) is 44.7 cm³/mol. The standard InChI is InChI=1S/C9H9NO2/c11-5-7-3-1-2-6-4-8(12)10-9(6)7/h1-3,11H,4-5H2,(H,10,12). The minimum Gasteiger partial charge on any atom is -0.392 e. The van der Waals surface area contributed by atoms with Crippen molar-refractivity contribution in [3.8, 4) is 0 Å². The summed E-state index contributed by atoms with van der Waals surface area (Å²) in [5, 5.41) is 11.7. The van der Waals surface area contributed by atoms with Gasteiger partial charge in [0.25, 0.3) is 0 Å². The van der Waals surface area contributed by atoms with Gasteiger partial charge in [0, 0.05) is 11.3 Å². The molecule has 1 aliphatic heterocycles. The second-order valence-electron chi connectivity index (χ2n) is 2.83. The molecule has 1 heterocycles. The van der Waals surface area contributed by atoms with Crippen molar-refractivity contribution in [2.75, 3.05) is 5.32 Å². The van der Waals surface area contributed by atoms with E-state index < -0.39 is 0 Å². The van der Waals surface area contributed by atoms with Crippen LogP contribution >= 0.6 is 0 Å². The number of para-hydroxylation sites is 1. The highest BCUT2D eigenvalue weighted by atomic mass is 16.3. The quantitative estimate of drug-likeness (QED) is 0.639. The van der Waals surface area contributed by atoms with Crippen molar-refractivity contribution in [2.45, 2.75) is 13.0 Å². The van der Waals surface area contributed by atoms with Crippen molar-refractivity contribution >= 4 is 11.6 Å². The Bertz CT molecular complexity index is 333. The van der Waals surface area contributed by atoms with E-state index >= 15 is 0 Å². The second-order valence-corrected chi connectivity index (χ2v) is 2.83. The molecule has 0 aromatic heterocycles. The molecule has 1 aromatic rings. The van der Waals surface area contributed by atoms with Crippen LogP contribution in [0.3, 0.4) is 0 Å². The van der Waals surface area contributed by atoms with Gasteiger partial charge in [-0.05, 0) is 5.56 Å². The van der Waals surface area contributed by atoms with Gasteiger partial charge in [-0.15, -0.1) is 0 Å². The number of anilines is 1. The van der Waals surface area contributed by atoms with Crippen LogP contribution < -0.4 is 5.32 Å². The van der Waals surface area contributed by atoms with E-state index in [0.717, 1.165) is 16.8 Å². The normalized spacial score (nSPS) is 14.2. The third-order valence-electron chi connectivity index (χ3n) is 2.02. The third-order valence-corrected chi connectivity index (χ3v) is 2.02. The summed E-state index contributed by atoms with van der Waals surface area (Å²) in [6, 6.07) is 5.56. The first kappa shape index (κ1) is 7.31. The van der Waals surface area contributed by atoms with Gasteiger partial charge in [0.15, 0.2) is 0 Å². The van der Waals surface area contributed by atoms with E-state index in [9.17, 15) is 4.79 Å². The van der Waals surface area contributed by atoms with E-state index in [0.29, 0.717) is 6.42 Å². The van der Waals surface area contributed by atoms with E-state index in [1.54, 1.807) is 0 Å². The maximum absolute atomic E-state index is 11.0. The largest absolute Gasteiger partial charge is 0.392 e. The summed E-state index contributed by atoms with van der Waals surface area (Å²) < 4.78 is 0. The number of carbonyl (C=O) groups excluding carboxylic acids is 1. The molecular weight excluding hydrogens is 154 g/mol. The molecule has 2 rings (SSSR count). The van der Waals surface area contributed by atoms with Crippen molar-refractivity contribution in [1.29, 1.82) is 0 Å². The van der Waals surface area contributed by atoms with Gasteiger partial charge < -0.3 is 10.4 Å². The number of benzene rings is 1. The van der Waals surface area contributed by atoms with Crippen molar-refractivity contribution in [3.63, 3.8) is 0 Å². The van der Waals surface area contributed by atoms with Gasteiger partial charge >= 0.3 is 0 Å². The molecule has 0 unspecified atom stereocenters. The van der Waals surface area contributed by atoms with Gasteiger partial charge in [0.1, 0.15) is 0 Å². The lowest BCUT2D eigenvalue weighted by atomic mass is 10.1. The molecule has 0 radical (unpaired) electrons. The summed E-state index contributed by atoms with van der Waals surface area (Å²) >= 11 is 0. The van der Waals surface area contributed by atoms with Gasteiger partial charge in [-0.1, -0.05) is 18.2 Å². The Kier molecular flexibility index (Phi) is 1.59. The van der Waals surface area contributed by atoms with Crippen LogP contribution in [0.2, 0.25) is 0 Å². The molecule has 1 aliphatic rings. The van der Waals surface area contributed by atoms with Crippen LogP contribution in [0.4, 0.5) is 5.69 Å². The van der Waals surface area contributed by atoms with Gasteiger partial charge in [-0.25, -0.2) is 0 Å². The zero-order chi connectivity index (χ0) is 8.55. The molecule has 12 heavy (non-hydrogen) atoms. The predicted octanol–water partition coefficient (Wildman–Crippen LogP) is 0.673. The molecular formula is C9H9NO2. The van der Waals surface area contributed by atoms with Crippen molar-refractivity contribution < 1.29 is 9.90 Å². The van der Waals surface area contributed by atoms with Gasteiger partial charge in [0.2, 0.25) is 5.91 Å². The Balaban J connectivity index is 2.51. The Hall–Kier alpha value is -1.35. The number of rotatable bonds is 1. The molecule has 3 nitrogen and oxygen atoms in total. The summed E-state index contributed by atoms with van der Waals surface area (Å²) in [5.74, 6) is 0.00546. The molecule has 0 bridgehead atoms. The minimum atomic E-state index is -0.0244. The zero-order valence-corrected chi connectivity index (χ0v) is 6.50. The van der Waals surface area contributed by atoms with Gasteiger partial charge in [-0.3, -0.25) is 4.79 Å². The van der Waals surface area contributed by atoms with Crippen LogP contribution in [0.1, 0.15) is 11.1 Å². The Labute approximate surface area is 70.0 Å². The Morgan fingerprint density at radius 2 is 2.33 bits per heavy atom. The number of carbonyl (C=O) groups is 1. The van der Waals surface area contributed by atoms with E-state index in [1.165, 1.54) is 0 Å². The molecule has 0 spiro atoms. The maximum Gasteiger partial charge on any atom is 0.228 e. The van der Waals surface area contributed by atoms with E-state index in [2.05, 4.69) is 5.32 Å². The van der Waals surface area contributed by atoms with Crippen molar-refractivity contribution in [2.24, 2.45) is 0 Å². The molecule has 0 saturated carbocycles. The smallest absolute Gasteiger partial charge is 0.228 e. The molecule has 62 valence electrons. The number of aliphatic hydroxyl groups excluding tert-OH is 1. The van der Waals surface area contributed by atoms with Crippen molar-refractivity contribution in [3.05, 3.63) is 29.3 Å². The summed E-state index contributed by atoms with van der Waals surface area (Å²) in [4.78, 5) is 11.0. The molecule has 2 N–H and O–H groups in total. The van der Waals surface area contributed by atoms with E-state index in [-0.39, 0.29) is 12.5 Å². The van der Waals surface area contributed by atoms with Crippen molar-refractivity contribution in [1.82, 2.24) is 0 Å². The van der Waals surface area contributed by atoms with Crippen LogP contribution in [0.25, 0.3) is 0 Å². The highest BCUT2D eigenvalue weighted by Gasteiger charge is 2.19. The second kappa shape index (κ2) is 2.60. The molecule has 0 fully saturated rings. The van der Waals surface area contributed by atoms with Crippen LogP contribution in [0.15, 0.2) is 18.2 Å². The Morgan fingerprint density at radius 1 is 1.50 bits per heavy atom. The summed E-state index contributed by atoms with van der Waals surface area (Å²) in [6.45, 7) is -0.0244. The van der Waals surface area contributed by atoms with Crippen LogP contribution in [-0.2, 0) is 17.8 Å². The molecule has 3 heteroatoms. The number of nitrogens with one attached hydrogen (secondary N) is 1. The lowest BCUT2D eigenvalue weighted by molar-refractivity contribution is -0.115. The van der Waals surface area contributed by atoms with Gasteiger partial charge in [0.05, 0.1) is 13.0 Å². The molecule has 1 aromatic carbocycles. The number of fused-ring (bicyclic) bond motifs is 1. The maximum atomic E-state index is 11.0. The van der Waals surface area contributed by atoms with Gasteiger partial charge in [-0.2, -0.15) is 0 Å². The fourth-order valence-corrected chi connectivity index (χ4v) is 1.45. The number of hydrogen-bond donors (Lipinski definition) is 2. The third kappa shape index (κ3) is 0.987. The highest BCUT2D eigenvalue weighted by Crippen LogP contribution is 2.26. The average Bonchev–Trinajstić information content (AvgIpc) is 2.44. The van der Waals surface area contributed by atoms with E-state index in [4.69, 9.17) is 5.11 Å². The molecule has 1 amide bonds. The van der Waals surface area contributed by atoms with Crippen LogP contribution in [0, 0.1) is 0 Å². The number of amides is 1. The summed E-state index contributed by atoms with van der Waals surface area (Å²) in [6.07, 6.45) is 0.434. The fraction of sp³-hybridized carbons (Fsp3) is 0.222. The summed E-state index contributed by atoms with van der Waals surface area (Å²) in [5.41, 5.74) is 2.56. The summed E-state index contributed by atoms with van der Waals surface area (Å²) in [7, 11) is 0. The van der Waals surface area contributed by atoms with E-state index in [1.807, 2.05) is 18.2 Å². The molecule has 0 aliphatic carbocycles. The van der Waals surface area contributed by atoms with Crippen LogP contribution in [0.5, 0.6) is 0 Å². The minimum absolute atomic E-state index is 0.00546. The molecule has 0 atom stereocenters. The topological polar surface area (TPSA) is 49.3 Å².